The molecule has 0 fully saturated rings. The third kappa shape index (κ3) is 7.08. The molecule has 1 nitrogen and oxygen atoms in total. The number of nitrogens with two attached hydrogens (primary N) is 1. The Bertz CT molecular complexity index is 199. The zero-order valence-electron chi connectivity index (χ0n) is 6.78. The molecule has 0 aromatic rings. The fourth-order valence-corrected chi connectivity index (χ4v) is 0.325. The van der Waals surface area contributed by atoms with Crippen molar-refractivity contribution in [3.8, 4) is 23.7 Å². The molecule has 0 aliphatic carbocycles. The predicted molar refractivity (Wildman–Crippen MR) is 44.1 cm³/mol. The summed E-state index contributed by atoms with van der Waals surface area (Å²) in [7, 11) is 0. The van der Waals surface area contributed by atoms with E-state index in [0.29, 0.717) is 0 Å². The summed E-state index contributed by atoms with van der Waals surface area (Å²) in [4.78, 5) is 0. The largest absolute Gasteiger partial charge is 0.316 e. The van der Waals surface area contributed by atoms with Crippen molar-refractivity contribution in [3.63, 3.8) is 0 Å². The van der Waals surface area contributed by atoms with Crippen LogP contribution in [0, 0.1) is 23.7 Å². The van der Waals surface area contributed by atoms with Crippen molar-refractivity contribution >= 4 is 0 Å². The van der Waals surface area contributed by atoms with Gasteiger partial charge in [0.25, 0.3) is 0 Å². The topological polar surface area (TPSA) is 26.0 Å². The molecule has 0 amide bonds. The van der Waals surface area contributed by atoms with E-state index in [0.717, 1.165) is 6.42 Å². The minimum absolute atomic E-state index is 0.414. The highest BCUT2D eigenvalue weighted by Gasteiger charge is 2.02. The molecular formula is C9H13N. The molecule has 0 heterocycles. The lowest BCUT2D eigenvalue weighted by molar-refractivity contribution is 0.681. The van der Waals surface area contributed by atoms with Crippen LogP contribution < -0.4 is 5.73 Å². The second-order valence-electron chi connectivity index (χ2n) is 2.63. The molecule has 10 heavy (non-hydrogen) atoms. The lowest BCUT2D eigenvalue weighted by Crippen LogP contribution is -2.29. The fraction of sp³-hybridized carbons (Fsp3) is 0.556. The Hall–Kier alpha value is -0.920. The van der Waals surface area contributed by atoms with E-state index in [9.17, 15) is 0 Å². The molecule has 54 valence electrons. The minimum Gasteiger partial charge on any atom is -0.316 e. The summed E-state index contributed by atoms with van der Waals surface area (Å²) in [6, 6.07) is 0. The Morgan fingerprint density at radius 1 is 1.30 bits per heavy atom. The molecule has 0 aliphatic rings. The van der Waals surface area contributed by atoms with Crippen LogP contribution in [0.4, 0.5) is 0 Å². The van der Waals surface area contributed by atoms with Crippen molar-refractivity contribution in [2.24, 2.45) is 5.73 Å². The molecule has 0 unspecified atom stereocenters. The molecule has 0 saturated heterocycles. The second-order valence-corrected chi connectivity index (χ2v) is 2.63. The summed E-state index contributed by atoms with van der Waals surface area (Å²) in [6.45, 7) is 5.70. The lowest BCUT2D eigenvalue weighted by atomic mass is 10.1. The average Bonchev–Trinajstić information content (AvgIpc) is 1.78. The van der Waals surface area contributed by atoms with Crippen molar-refractivity contribution in [3.05, 3.63) is 0 Å². The highest BCUT2D eigenvalue weighted by molar-refractivity contribution is 5.29. The normalized spacial score (nSPS) is 8.80. The van der Waals surface area contributed by atoms with Crippen LogP contribution in [-0.2, 0) is 0 Å². The van der Waals surface area contributed by atoms with Crippen LogP contribution in [-0.4, -0.2) is 5.54 Å². The maximum atomic E-state index is 5.58. The first-order chi connectivity index (χ1) is 4.56. The Kier molecular flexibility index (Phi) is 3.62. The first kappa shape index (κ1) is 9.08. The van der Waals surface area contributed by atoms with Crippen LogP contribution >= 0.6 is 0 Å². The number of hydrogen-bond donors (Lipinski definition) is 1. The maximum Gasteiger partial charge on any atom is 0.0729 e. The zero-order valence-corrected chi connectivity index (χ0v) is 6.78. The van der Waals surface area contributed by atoms with Crippen LogP contribution in [0.5, 0.6) is 0 Å². The van der Waals surface area contributed by atoms with Gasteiger partial charge in [-0.25, -0.2) is 0 Å². The SMILES string of the molecule is CCC#CC#CC(C)(C)N. The van der Waals surface area contributed by atoms with E-state index in [1.54, 1.807) is 0 Å². The molecule has 0 aromatic heterocycles. The van der Waals surface area contributed by atoms with Crippen LogP contribution in [0.3, 0.4) is 0 Å². The van der Waals surface area contributed by atoms with Crippen molar-refractivity contribution in [1.29, 1.82) is 0 Å². The lowest BCUT2D eigenvalue weighted by Gasteiger charge is -2.06. The van der Waals surface area contributed by atoms with Crippen LogP contribution in [0.15, 0.2) is 0 Å². The van der Waals surface area contributed by atoms with E-state index in [4.69, 9.17) is 5.73 Å². The molecule has 0 radical (unpaired) electrons. The van der Waals surface area contributed by atoms with Crippen molar-refractivity contribution < 1.29 is 0 Å². The molecule has 0 saturated carbocycles. The molecule has 0 rings (SSSR count). The standard InChI is InChI=1S/C9H13N/c1-4-5-6-7-8-9(2,3)10/h4,10H2,1-3H3. The van der Waals surface area contributed by atoms with Crippen LogP contribution in [0.25, 0.3) is 0 Å². The molecule has 2 N–H and O–H groups in total. The summed E-state index contributed by atoms with van der Waals surface area (Å²) >= 11 is 0. The van der Waals surface area contributed by atoms with E-state index in [2.05, 4.69) is 23.7 Å². The van der Waals surface area contributed by atoms with Gasteiger partial charge in [0.15, 0.2) is 0 Å². The smallest absolute Gasteiger partial charge is 0.0729 e. The van der Waals surface area contributed by atoms with Gasteiger partial charge in [0, 0.05) is 6.42 Å². The molecule has 0 aliphatic heterocycles. The molecule has 0 aromatic carbocycles. The Labute approximate surface area is 63.0 Å². The predicted octanol–water partition coefficient (Wildman–Crippen LogP) is 1.14. The number of hydrogen-bond acceptors (Lipinski definition) is 1. The zero-order chi connectivity index (χ0) is 8.04. The summed E-state index contributed by atoms with van der Waals surface area (Å²) in [5, 5.41) is 0. The number of rotatable bonds is 0. The van der Waals surface area contributed by atoms with Crippen molar-refractivity contribution in [1.82, 2.24) is 0 Å². The summed E-state index contributed by atoms with van der Waals surface area (Å²) in [5.74, 6) is 11.0. The molecule has 0 spiro atoms. The van der Waals surface area contributed by atoms with Gasteiger partial charge in [-0.2, -0.15) is 0 Å². The summed E-state index contributed by atoms with van der Waals surface area (Å²) in [5.41, 5.74) is 5.16. The van der Waals surface area contributed by atoms with E-state index >= 15 is 0 Å². The van der Waals surface area contributed by atoms with Gasteiger partial charge in [-0.3, -0.25) is 0 Å². The average molecular weight is 135 g/mol. The molecule has 0 bridgehead atoms. The van der Waals surface area contributed by atoms with E-state index in [-0.39, 0.29) is 0 Å². The summed E-state index contributed by atoms with van der Waals surface area (Å²) in [6.07, 6.45) is 0.847. The Morgan fingerprint density at radius 3 is 2.30 bits per heavy atom. The first-order valence-corrected chi connectivity index (χ1v) is 3.35. The van der Waals surface area contributed by atoms with E-state index in [1.165, 1.54) is 0 Å². The van der Waals surface area contributed by atoms with Crippen molar-refractivity contribution in [2.75, 3.05) is 0 Å². The van der Waals surface area contributed by atoms with Gasteiger partial charge in [0.2, 0.25) is 0 Å². The third-order valence-electron chi connectivity index (χ3n) is 0.712. The fourth-order valence-electron chi connectivity index (χ4n) is 0.325. The van der Waals surface area contributed by atoms with Crippen LogP contribution in [0.2, 0.25) is 0 Å². The molecular weight excluding hydrogens is 122 g/mol. The summed E-state index contributed by atoms with van der Waals surface area (Å²) < 4.78 is 0. The molecule has 0 atom stereocenters. The van der Waals surface area contributed by atoms with Gasteiger partial charge >= 0.3 is 0 Å². The van der Waals surface area contributed by atoms with E-state index < -0.39 is 5.54 Å². The molecule has 1 heteroatoms. The van der Waals surface area contributed by atoms with Gasteiger partial charge in [0.1, 0.15) is 0 Å². The van der Waals surface area contributed by atoms with Gasteiger partial charge in [-0.1, -0.05) is 18.8 Å². The van der Waals surface area contributed by atoms with Gasteiger partial charge < -0.3 is 5.73 Å². The highest BCUT2D eigenvalue weighted by Crippen LogP contribution is 1.90. The van der Waals surface area contributed by atoms with Crippen LogP contribution in [0.1, 0.15) is 27.2 Å². The third-order valence-corrected chi connectivity index (χ3v) is 0.712. The quantitative estimate of drug-likeness (QED) is 0.495. The monoisotopic (exact) mass is 135 g/mol. The Balaban J connectivity index is 3.93. The minimum atomic E-state index is -0.414. The first-order valence-electron chi connectivity index (χ1n) is 3.35. The van der Waals surface area contributed by atoms with Gasteiger partial charge in [-0.05, 0) is 25.7 Å². The maximum absolute atomic E-state index is 5.58. The van der Waals surface area contributed by atoms with Gasteiger partial charge in [0.05, 0.1) is 5.54 Å². The van der Waals surface area contributed by atoms with Crippen molar-refractivity contribution in [2.45, 2.75) is 32.7 Å². The second kappa shape index (κ2) is 3.99. The Morgan fingerprint density at radius 2 is 1.90 bits per heavy atom. The highest BCUT2D eigenvalue weighted by atomic mass is 14.7. The van der Waals surface area contributed by atoms with Gasteiger partial charge in [-0.15, -0.1) is 0 Å². The van der Waals surface area contributed by atoms with E-state index in [1.807, 2.05) is 20.8 Å².